The first-order valence-corrected chi connectivity index (χ1v) is 7.77. The van der Waals surface area contributed by atoms with Crippen LogP contribution in [0.4, 0.5) is 0 Å². The Labute approximate surface area is 139 Å². The molecule has 2 amide bonds. The van der Waals surface area contributed by atoms with Crippen molar-refractivity contribution in [3.8, 4) is 0 Å². The second-order valence-corrected chi connectivity index (χ2v) is 6.22. The molecule has 0 bridgehead atoms. The number of nitrogens with one attached hydrogen (secondary N) is 2. The van der Waals surface area contributed by atoms with E-state index in [4.69, 9.17) is 16.7 Å². The average molecular weight is 339 g/mol. The highest BCUT2D eigenvalue weighted by Crippen LogP contribution is 2.28. The normalized spacial score (nSPS) is 21.0. The van der Waals surface area contributed by atoms with Crippen molar-refractivity contribution in [3.05, 3.63) is 34.9 Å². The smallest absolute Gasteiger partial charge is 0.306 e. The molecule has 7 heteroatoms. The Hall–Kier alpha value is -2.08. The summed E-state index contributed by atoms with van der Waals surface area (Å²) in [7, 11) is 0. The van der Waals surface area contributed by atoms with Gasteiger partial charge in [-0.25, -0.2) is 0 Å². The molecule has 1 fully saturated rings. The lowest BCUT2D eigenvalue weighted by Crippen LogP contribution is -2.47. The van der Waals surface area contributed by atoms with Gasteiger partial charge in [0.1, 0.15) is 0 Å². The SMILES string of the molecule is CC(=O)NC(CC(=O)NC1CC(C(=O)O)C1)c1ccc(Cl)cc1. The summed E-state index contributed by atoms with van der Waals surface area (Å²) in [5, 5.41) is 15.0. The first-order valence-electron chi connectivity index (χ1n) is 7.40. The molecular weight excluding hydrogens is 320 g/mol. The second-order valence-electron chi connectivity index (χ2n) is 5.78. The molecule has 1 aromatic carbocycles. The molecule has 0 heterocycles. The molecule has 0 spiro atoms. The van der Waals surface area contributed by atoms with Crippen molar-refractivity contribution in [1.29, 1.82) is 0 Å². The van der Waals surface area contributed by atoms with Gasteiger partial charge in [-0.15, -0.1) is 0 Å². The number of hydrogen-bond donors (Lipinski definition) is 3. The Morgan fingerprint density at radius 3 is 2.39 bits per heavy atom. The summed E-state index contributed by atoms with van der Waals surface area (Å²) < 4.78 is 0. The number of hydrogen-bond acceptors (Lipinski definition) is 3. The summed E-state index contributed by atoms with van der Waals surface area (Å²) in [6.07, 6.45) is 0.995. The maximum Gasteiger partial charge on any atom is 0.306 e. The van der Waals surface area contributed by atoms with Gasteiger partial charge in [-0.3, -0.25) is 14.4 Å². The van der Waals surface area contributed by atoms with Gasteiger partial charge in [-0.1, -0.05) is 23.7 Å². The highest BCUT2D eigenvalue weighted by Gasteiger charge is 2.35. The highest BCUT2D eigenvalue weighted by molar-refractivity contribution is 6.30. The molecule has 6 nitrogen and oxygen atoms in total. The molecule has 23 heavy (non-hydrogen) atoms. The van der Waals surface area contributed by atoms with E-state index in [9.17, 15) is 14.4 Å². The summed E-state index contributed by atoms with van der Waals surface area (Å²) >= 11 is 5.85. The standard InChI is InChI=1S/C16H19ClN2O4/c1-9(20)18-14(10-2-4-12(17)5-3-10)8-15(21)19-13-6-11(7-13)16(22)23/h2-5,11,13-14H,6-8H2,1H3,(H,18,20)(H,19,21)(H,22,23). The first kappa shape index (κ1) is 17.3. The number of carboxylic acids is 1. The lowest BCUT2D eigenvalue weighted by atomic mass is 9.80. The Bertz CT molecular complexity index is 597. The van der Waals surface area contributed by atoms with Gasteiger partial charge in [0, 0.05) is 18.0 Å². The fourth-order valence-electron chi connectivity index (χ4n) is 2.60. The molecule has 0 saturated heterocycles. The molecule has 124 valence electrons. The zero-order chi connectivity index (χ0) is 17.0. The minimum atomic E-state index is -0.826. The molecule has 1 aromatic rings. The van der Waals surface area contributed by atoms with Crippen molar-refractivity contribution in [3.63, 3.8) is 0 Å². The monoisotopic (exact) mass is 338 g/mol. The summed E-state index contributed by atoms with van der Waals surface area (Å²) in [6.45, 7) is 1.39. The van der Waals surface area contributed by atoms with Crippen LogP contribution in [0, 0.1) is 5.92 Å². The van der Waals surface area contributed by atoms with Crippen LogP contribution < -0.4 is 10.6 Å². The molecule has 2 rings (SSSR count). The van der Waals surface area contributed by atoms with Crippen LogP contribution in [-0.4, -0.2) is 28.9 Å². The Balaban J connectivity index is 1.92. The van der Waals surface area contributed by atoms with Gasteiger partial charge in [-0.2, -0.15) is 0 Å². The number of amides is 2. The van der Waals surface area contributed by atoms with Crippen LogP contribution in [0.1, 0.15) is 37.8 Å². The Kier molecular flexibility index (Phi) is 5.60. The molecular formula is C16H19ClN2O4. The third kappa shape index (κ3) is 4.96. The third-order valence-corrected chi connectivity index (χ3v) is 4.14. The van der Waals surface area contributed by atoms with E-state index in [2.05, 4.69) is 10.6 Å². The van der Waals surface area contributed by atoms with Crippen molar-refractivity contribution >= 4 is 29.4 Å². The van der Waals surface area contributed by atoms with E-state index in [0.29, 0.717) is 17.9 Å². The van der Waals surface area contributed by atoms with E-state index >= 15 is 0 Å². The van der Waals surface area contributed by atoms with Crippen molar-refractivity contribution in [2.75, 3.05) is 0 Å². The molecule has 1 atom stereocenters. The van der Waals surface area contributed by atoms with Crippen molar-refractivity contribution in [1.82, 2.24) is 10.6 Å². The first-order chi connectivity index (χ1) is 10.8. The topological polar surface area (TPSA) is 95.5 Å². The van der Waals surface area contributed by atoms with Crippen LogP contribution in [-0.2, 0) is 14.4 Å². The van der Waals surface area contributed by atoms with Crippen LogP contribution in [0.25, 0.3) is 0 Å². The number of carbonyl (C=O) groups is 3. The van der Waals surface area contributed by atoms with E-state index in [1.165, 1.54) is 6.92 Å². The lowest BCUT2D eigenvalue weighted by molar-refractivity contribution is -0.146. The minimum absolute atomic E-state index is 0.0927. The number of aliphatic carboxylic acids is 1. The van der Waals surface area contributed by atoms with Crippen molar-refractivity contribution in [2.24, 2.45) is 5.92 Å². The van der Waals surface area contributed by atoms with Gasteiger partial charge in [-0.05, 0) is 30.5 Å². The Morgan fingerprint density at radius 2 is 1.87 bits per heavy atom. The number of halogens is 1. The van der Waals surface area contributed by atoms with E-state index in [0.717, 1.165) is 5.56 Å². The van der Waals surface area contributed by atoms with E-state index in [-0.39, 0.29) is 30.2 Å². The zero-order valence-electron chi connectivity index (χ0n) is 12.7. The summed E-state index contributed by atoms with van der Waals surface area (Å²) in [6, 6.07) is 6.38. The van der Waals surface area contributed by atoms with Gasteiger partial charge in [0.2, 0.25) is 11.8 Å². The quantitative estimate of drug-likeness (QED) is 0.738. The molecule has 1 unspecified atom stereocenters. The van der Waals surface area contributed by atoms with Crippen LogP contribution >= 0.6 is 11.6 Å². The number of benzene rings is 1. The van der Waals surface area contributed by atoms with Crippen LogP contribution in [0.15, 0.2) is 24.3 Å². The molecule has 0 aromatic heterocycles. The third-order valence-electron chi connectivity index (χ3n) is 3.89. The van der Waals surface area contributed by atoms with Crippen LogP contribution in [0.2, 0.25) is 5.02 Å². The van der Waals surface area contributed by atoms with Gasteiger partial charge in [0.05, 0.1) is 18.4 Å². The molecule has 0 aliphatic heterocycles. The fourth-order valence-corrected chi connectivity index (χ4v) is 2.73. The fraction of sp³-hybridized carbons (Fsp3) is 0.438. The van der Waals surface area contributed by atoms with Crippen molar-refractivity contribution in [2.45, 2.75) is 38.3 Å². The zero-order valence-corrected chi connectivity index (χ0v) is 13.5. The lowest BCUT2D eigenvalue weighted by Gasteiger charge is -2.33. The van der Waals surface area contributed by atoms with E-state index in [1.54, 1.807) is 24.3 Å². The average Bonchev–Trinajstić information content (AvgIpc) is 2.41. The van der Waals surface area contributed by atoms with Gasteiger partial charge in [0.15, 0.2) is 0 Å². The predicted molar refractivity (Wildman–Crippen MR) is 84.9 cm³/mol. The maximum atomic E-state index is 12.1. The van der Waals surface area contributed by atoms with Crippen LogP contribution in [0.3, 0.4) is 0 Å². The largest absolute Gasteiger partial charge is 0.481 e. The number of rotatable bonds is 6. The van der Waals surface area contributed by atoms with Gasteiger partial charge < -0.3 is 15.7 Å². The molecule has 1 aliphatic rings. The number of carbonyl (C=O) groups excluding carboxylic acids is 2. The van der Waals surface area contributed by atoms with E-state index in [1.807, 2.05) is 0 Å². The molecule has 3 N–H and O–H groups in total. The maximum absolute atomic E-state index is 12.1. The number of carboxylic acid groups (broad SMARTS) is 1. The summed E-state index contributed by atoms with van der Waals surface area (Å²) in [5.74, 6) is -1.64. The van der Waals surface area contributed by atoms with Gasteiger partial charge in [0.25, 0.3) is 0 Å². The molecule has 0 radical (unpaired) electrons. The second kappa shape index (κ2) is 7.46. The predicted octanol–water partition coefficient (Wildman–Crippen LogP) is 1.89. The Morgan fingerprint density at radius 1 is 1.26 bits per heavy atom. The van der Waals surface area contributed by atoms with Crippen molar-refractivity contribution < 1.29 is 19.5 Å². The molecule has 1 aliphatic carbocycles. The summed E-state index contributed by atoms with van der Waals surface area (Å²) in [5.41, 5.74) is 0.789. The van der Waals surface area contributed by atoms with E-state index < -0.39 is 12.0 Å². The minimum Gasteiger partial charge on any atom is -0.481 e. The summed E-state index contributed by atoms with van der Waals surface area (Å²) in [4.78, 5) is 34.2. The highest BCUT2D eigenvalue weighted by atomic mass is 35.5. The van der Waals surface area contributed by atoms with Crippen LogP contribution in [0.5, 0.6) is 0 Å². The van der Waals surface area contributed by atoms with Gasteiger partial charge >= 0.3 is 5.97 Å². The molecule has 1 saturated carbocycles.